The Labute approximate surface area is 187 Å². The van der Waals surface area contributed by atoms with Crippen LogP contribution in [0.15, 0.2) is 66.0 Å². The quantitative estimate of drug-likeness (QED) is 0.524. The van der Waals surface area contributed by atoms with E-state index in [0.29, 0.717) is 5.75 Å². The molecule has 1 saturated heterocycles. The number of fused-ring (bicyclic) bond motifs is 1. The van der Waals surface area contributed by atoms with E-state index in [9.17, 15) is 4.79 Å². The van der Waals surface area contributed by atoms with Crippen LogP contribution in [0.25, 0.3) is 11.3 Å². The van der Waals surface area contributed by atoms with Gasteiger partial charge in [0.25, 0.3) is 0 Å². The van der Waals surface area contributed by atoms with Crippen LogP contribution < -0.4 is 4.90 Å². The van der Waals surface area contributed by atoms with Crippen molar-refractivity contribution in [3.63, 3.8) is 0 Å². The van der Waals surface area contributed by atoms with Gasteiger partial charge < -0.3 is 14.2 Å². The van der Waals surface area contributed by atoms with E-state index in [1.54, 1.807) is 0 Å². The summed E-state index contributed by atoms with van der Waals surface area (Å²) in [6, 6.07) is 18.7. The van der Waals surface area contributed by atoms with Crippen molar-refractivity contribution < 1.29 is 9.53 Å². The molecule has 2 aliphatic heterocycles. The van der Waals surface area contributed by atoms with Crippen LogP contribution in [0.3, 0.4) is 0 Å². The molecular formula is C25H27N3O2S. The number of hydrogen-bond acceptors (Lipinski definition) is 4. The zero-order valence-electron chi connectivity index (χ0n) is 17.7. The van der Waals surface area contributed by atoms with Crippen LogP contribution in [0.1, 0.15) is 25.3 Å². The highest BCUT2D eigenvalue weighted by Crippen LogP contribution is 2.33. The molecule has 2 aromatic carbocycles. The summed E-state index contributed by atoms with van der Waals surface area (Å²) in [6.07, 6.45) is 5.21. The molecule has 3 heterocycles. The summed E-state index contributed by atoms with van der Waals surface area (Å²) >= 11 is 1.52. The number of para-hydroxylation sites is 1. The maximum atomic E-state index is 13.2. The fourth-order valence-corrected chi connectivity index (χ4v) is 5.47. The van der Waals surface area contributed by atoms with Crippen molar-refractivity contribution in [2.75, 3.05) is 17.3 Å². The van der Waals surface area contributed by atoms with Crippen LogP contribution in [0, 0.1) is 0 Å². The number of aromatic nitrogens is 2. The van der Waals surface area contributed by atoms with Gasteiger partial charge in [-0.15, -0.1) is 0 Å². The highest BCUT2D eigenvalue weighted by molar-refractivity contribution is 7.99. The summed E-state index contributed by atoms with van der Waals surface area (Å²) in [5.41, 5.74) is 4.51. The summed E-state index contributed by atoms with van der Waals surface area (Å²) in [5, 5.41) is 0.878. The summed E-state index contributed by atoms with van der Waals surface area (Å²) in [7, 11) is 0. The third-order valence-corrected chi connectivity index (χ3v) is 7.07. The van der Waals surface area contributed by atoms with Crippen molar-refractivity contribution in [1.82, 2.24) is 9.55 Å². The summed E-state index contributed by atoms with van der Waals surface area (Å²) in [6.45, 7) is 3.71. The second-order valence-corrected chi connectivity index (χ2v) is 9.21. The zero-order chi connectivity index (χ0) is 21.2. The first-order chi connectivity index (χ1) is 15.2. The van der Waals surface area contributed by atoms with E-state index in [1.165, 1.54) is 17.3 Å². The van der Waals surface area contributed by atoms with E-state index in [0.717, 1.165) is 54.5 Å². The van der Waals surface area contributed by atoms with Gasteiger partial charge in [0.1, 0.15) is 0 Å². The van der Waals surface area contributed by atoms with Crippen LogP contribution in [0.5, 0.6) is 0 Å². The molecule has 1 fully saturated rings. The monoisotopic (exact) mass is 433 g/mol. The smallest absolute Gasteiger partial charge is 0.237 e. The van der Waals surface area contributed by atoms with E-state index >= 15 is 0 Å². The number of anilines is 1. The lowest BCUT2D eigenvalue weighted by Crippen LogP contribution is -2.37. The molecule has 0 spiro atoms. The molecule has 31 heavy (non-hydrogen) atoms. The molecule has 160 valence electrons. The van der Waals surface area contributed by atoms with Gasteiger partial charge in [-0.3, -0.25) is 4.79 Å². The minimum absolute atomic E-state index is 0.135. The van der Waals surface area contributed by atoms with Gasteiger partial charge in [0.05, 0.1) is 30.3 Å². The Morgan fingerprint density at radius 1 is 1.16 bits per heavy atom. The van der Waals surface area contributed by atoms with Gasteiger partial charge in [0.2, 0.25) is 5.91 Å². The standard InChI is InChI=1S/C25H27N3O2S/c1-18-14-20-10-5-6-12-22(20)28(18)24(29)17-31-25-26-15-23(19-8-3-2-4-9-19)27(25)16-21-11-7-13-30-21/h2-6,8-10,12,15,18,21H,7,11,13-14,16-17H2,1H3. The summed E-state index contributed by atoms with van der Waals surface area (Å²) < 4.78 is 8.13. The number of carbonyl (C=O) groups is 1. The van der Waals surface area contributed by atoms with Gasteiger partial charge in [-0.1, -0.05) is 60.3 Å². The van der Waals surface area contributed by atoms with Crippen LogP contribution in [-0.4, -0.2) is 40.0 Å². The molecule has 2 unspecified atom stereocenters. The molecule has 5 rings (SSSR count). The second kappa shape index (κ2) is 8.89. The van der Waals surface area contributed by atoms with Crippen molar-refractivity contribution in [1.29, 1.82) is 0 Å². The Hall–Kier alpha value is -2.57. The molecule has 0 N–H and O–H groups in total. The predicted molar refractivity (Wildman–Crippen MR) is 124 cm³/mol. The first-order valence-electron chi connectivity index (χ1n) is 11.0. The minimum atomic E-state index is 0.135. The summed E-state index contributed by atoms with van der Waals surface area (Å²) in [5.74, 6) is 0.505. The topological polar surface area (TPSA) is 47.4 Å². The Bertz CT molecular complexity index is 1060. The normalized spacial score (nSPS) is 20.2. The van der Waals surface area contributed by atoms with Crippen LogP contribution >= 0.6 is 11.8 Å². The fraction of sp³-hybridized carbons (Fsp3) is 0.360. The van der Waals surface area contributed by atoms with Crippen LogP contribution in [0.2, 0.25) is 0 Å². The molecule has 1 aromatic heterocycles. The largest absolute Gasteiger partial charge is 0.376 e. The van der Waals surface area contributed by atoms with Gasteiger partial charge in [-0.2, -0.15) is 0 Å². The van der Waals surface area contributed by atoms with Gasteiger partial charge in [-0.05, 0) is 43.4 Å². The Balaban J connectivity index is 1.36. The minimum Gasteiger partial charge on any atom is -0.376 e. The van der Waals surface area contributed by atoms with Crippen LogP contribution in [0.4, 0.5) is 5.69 Å². The molecule has 3 aromatic rings. The first kappa shape index (κ1) is 20.3. The van der Waals surface area contributed by atoms with E-state index in [1.807, 2.05) is 47.5 Å². The average molecular weight is 434 g/mol. The SMILES string of the molecule is CC1Cc2ccccc2N1C(=O)CSc1ncc(-c2ccccc2)n1CC1CCCO1. The molecule has 5 nitrogen and oxygen atoms in total. The number of rotatable bonds is 6. The number of hydrogen-bond donors (Lipinski definition) is 0. The zero-order valence-corrected chi connectivity index (χ0v) is 18.6. The van der Waals surface area contributed by atoms with E-state index in [4.69, 9.17) is 9.72 Å². The molecule has 2 atom stereocenters. The average Bonchev–Trinajstić information content (AvgIpc) is 3.51. The van der Waals surface area contributed by atoms with Gasteiger partial charge >= 0.3 is 0 Å². The van der Waals surface area contributed by atoms with E-state index < -0.39 is 0 Å². The Morgan fingerprint density at radius 3 is 2.77 bits per heavy atom. The Morgan fingerprint density at radius 2 is 1.97 bits per heavy atom. The highest BCUT2D eigenvalue weighted by Gasteiger charge is 2.31. The van der Waals surface area contributed by atoms with Crippen molar-refractivity contribution in [2.24, 2.45) is 0 Å². The molecule has 0 radical (unpaired) electrons. The lowest BCUT2D eigenvalue weighted by Gasteiger charge is -2.22. The fourth-order valence-electron chi connectivity index (χ4n) is 4.62. The number of benzene rings is 2. The number of nitrogens with zero attached hydrogens (tertiary/aromatic N) is 3. The highest BCUT2D eigenvalue weighted by atomic mass is 32.2. The summed E-state index contributed by atoms with van der Waals surface area (Å²) in [4.78, 5) is 19.8. The third kappa shape index (κ3) is 4.14. The van der Waals surface area contributed by atoms with Gasteiger partial charge in [0.15, 0.2) is 5.16 Å². The van der Waals surface area contributed by atoms with Crippen molar-refractivity contribution in [2.45, 2.75) is 50.0 Å². The Kier molecular flexibility index (Phi) is 5.83. The molecule has 0 aliphatic carbocycles. The van der Waals surface area contributed by atoms with E-state index in [-0.39, 0.29) is 18.1 Å². The number of carbonyl (C=O) groups excluding carboxylic acids is 1. The number of amides is 1. The van der Waals surface area contributed by atoms with Crippen molar-refractivity contribution in [3.05, 3.63) is 66.4 Å². The first-order valence-corrected chi connectivity index (χ1v) is 11.9. The lowest BCUT2D eigenvalue weighted by molar-refractivity contribution is -0.116. The molecule has 0 bridgehead atoms. The van der Waals surface area contributed by atoms with Crippen molar-refractivity contribution >= 4 is 23.4 Å². The van der Waals surface area contributed by atoms with Crippen LogP contribution in [-0.2, 0) is 22.5 Å². The number of thioether (sulfide) groups is 1. The third-order valence-electron chi connectivity index (χ3n) is 6.10. The molecule has 6 heteroatoms. The predicted octanol–water partition coefficient (Wildman–Crippen LogP) is 4.80. The maximum absolute atomic E-state index is 13.2. The maximum Gasteiger partial charge on any atom is 0.237 e. The van der Waals surface area contributed by atoms with E-state index in [2.05, 4.69) is 29.7 Å². The lowest BCUT2D eigenvalue weighted by atomic mass is 10.1. The van der Waals surface area contributed by atoms with Gasteiger partial charge in [-0.25, -0.2) is 4.98 Å². The van der Waals surface area contributed by atoms with Crippen molar-refractivity contribution in [3.8, 4) is 11.3 Å². The number of imidazole rings is 1. The second-order valence-electron chi connectivity index (χ2n) is 8.27. The molecule has 1 amide bonds. The molecular weight excluding hydrogens is 406 g/mol. The molecule has 2 aliphatic rings. The van der Waals surface area contributed by atoms with Gasteiger partial charge in [0, 0.05) is 18.3 Å². The number of ether oxygens (including phenoxy) is 1. The molecule has 0 saturated carbocycles.